The molecule has 1 unspecified atom stereocenters. The fourth-order valence-corrected chi connectivity index (χ4v) is 2.90. The van der Waals surface area contributed by atoms with Gasteiger partial charge in [0, 0.05) is 16.7 Å². The number of hydrogen-bond donors (Lipinski definition) is 1. The molecule has 1 aliphatic rings. The van der Waals surface area contributed by atoms with Crippen LogP contribution in [0.1, 0.15) is 32.6 Å². The molecule has 0 radical (unpaired) electrons. The highest BCUT2D eigenvalue weighted by atomic mass is 79.9. The number of nitrogens with one attached hydrogen (secondary N) is 1. The van der Waals surface area contributed by atoms with E-state index < -0.39 is 0 Å². The first-order chi connectivity index (χ1) is 7.69. The molecule has 0 spiro atoms. The van der Waals surface area contributed by atoms with Gasteiger partial charge in [-0.2, -0.15) is 0 Å². The van der Waals surface area contributed by atoms with Crippen molar-refractivity contribution in [3.63, 3.8) is 0 Å². The molecule has 1 aliphatic carbocycles. The van der Waals surface area contributed by atoms with Crippen LogP contribution in [0.2, 0.25) is 0 Å². The van der Waals surface area contributed by atoms with Crippen LogP contribution in [-0.4, -0.2) is 11.0 Å². The molecule has 4 heteroatoms. The van der Waals surface area contributed by atoms with E-state index in [4.69, 9.17) is 0 Å². The van der Waals surface area contributed by atoms with Crippen molar-refractivity contribution >= 4 is 37.7 Å². The van der Waals surface area contributed by atoms with E-state index in [0.717, 1.165) is 27.1 Å². The SMILES string of the molecule is CCC(CC1CC1)Nc1ncc(Br)cc1Br. The molecule has 88 valence electrons. The maximum atomic E-state index is 4.39. The van der Waals surface area contributed by atoms with Crippen LogP contribution >= 0.6 is 31.9 Å². The molecule has 0 amide bonds. The zero-order chi connectivity index (χ0) is 11.5. The van der Waals surface area contributed by atoms with Gasteiger partial charge < -0.3 is 5.32 Å². The van der Waals surface area contributed by atoms with E-state index in [1.807, 2.05) is 12.3 Å². The number of aromatic nitrogens is 1. The largest absolute Gasteiger partial charge is 0.366 e. The van der Waals surface area contributed by atoms with Crippen molar-refractivity contribution in [2.75, 3.05) is 5.32 Å². The van der Waals surface area contributed by atoms with Crippen LogP contribution in [0.25, 0.3) is 0 Å². The quantitative estimate of drug-likeness (QED) is 0.842. The van der Waals surface area contributed by atoms with Crippen molar-refractivity contribution in [2.45, 2.75) is 38.6 Å². The maximum Gasteiger partial charge on any atom is 0.140 e. The summed E-state index contributed by atoms with van der Waals surface area (Å²) in [4.78, 5) is 4.39. The lowest BCUT2D eigenvalue weighted by Gasteiger charge is -2.18. The third-order valence-corrected chi connectivity index (χ3v) is 3.99. The molecule has 1 N–H and O–H groups in total. The number of pyridine rings is 1. The van der Waals surface area contributed by atoms with Crippen molar-refractivity contribution in [2.24, 2.45) is 5.92 Å². The number of hydrogen-bond acceptors (Lipinski definition) is 2. The molecule has 0 aromatic carbocycles. The van der Waals surface area contributed by atoms with E-state index in [-0.39, 0.29) is 0 Å². The topological polar surface area (TPSA) is 24.9 Å². The first-order valence-corrected chi connectivity index (χ1v) is 7.35. The lowest BCUT2D eigenvalue weighted by atomic mass is 10.1. The Morgan fingerprint density at radius 3 is 2.81 bits per heavy atom. The second-order valence-corrected chi connectivity index (χ2v) is 6.18. The minimum absolute atomic E-state index is 0.553. The summed E-state index contributed by atoms with van der Waals surface area (Å²) in [6, 6.07) is 2.58. The van der Waals surface area contributed by atoms with Gasteiger partial charge in [0.2, 0.25) is 0 Å². The van der Waals surface area contributed by atoms with E-state index in [1.165, 1.54) is 19.3 Å². The molecule has 2 rings (SSSR count). The second kappa shape index (κ2) is 5.50. The predicted octanol–water partition coefficient (Wildman–Crippen LogP) is 4.60. The summed E-state index contributed by atoms with van der Waals surface area (Å²) in [6.45, 7) is 2.23. The third kappa shape index (κ3) is 3.45. The van der Waals surface area contributed by atoms with Crippen LogP contribution < -0.4 is 5.32 Å². The van der Waals surface area contributed by atoms with Crippen molar-refractivity contribution < 1.29 is 0 Å². The third-order valence-electron chi connectivity index (χ3n) is 2.96. The molecule has 0 saturated heterocycles. The van der Waals surface area contributed by atoms with Gasteiger partial charge in [-0.3, -0.25) is 0 Å². The number of rotatable bonds is 5. The Morgan fingerprint density at radius 2 is 2.25 bits per heavy atom. The fourth-order valence-electron chi connectivity index (χ4n) is 1.80. The summed E-state index contributed by atoms with van der Waals surface area (Å²) in [6.07, 6.45) is 7.08. The molecule has 0 bridgehead atoms. The Balaban J connectivity index is 1.99. The van der Waals surface area contributed by atoms with E-state index in [2.05, 4.69) is 49.1 Å². The molecule has 1 aromatic rings. The van der Waals surface area contributed by atoms with Crippen molar-refractivity contribution in [1.82, 2.24) is 4.98 Å². The number of anilines is 1. The molecule has 1 aromatic heterocycles. The Bertz CT molecular complexity index is 364. The summed E-state index contributed by atoms with van der Waals surface area (Å²) in [7, 11) is 0. The van der Waals surface area contributed by atoms with Gasteiger partial charge in [0.25, 0.3) is 0 Å². The first kappa shape index (κ1) is 12.4. The van der Waals surface area contributed by atoms with Gasteiger partial charge in [0.05, 0.1) is 4.47 Å². The average molecular weight is 348 g/mol. The van der Waals surface area contributed by atoms with E-state index in [9.17, 15) is 0 Å². The minimum atomic E-state index is 0.553. The standard InChI is InChI=1S/C12H16Br2N2/c1-2-10(5-8-3-4-8)16-12-11(14)6-9(13)7-15-12/h6-8,10H,2-5H2,1H3,(H,15,16). The zero-order valence-corrected chi connectivity index (χ0v) is 12.5. The van der Waals surface area contributed by atoms with Crippen LogP contribution in [-0.2, 0) is 0 Å². The highest BCUT2D eigenvalue weighted by Gasteiger charge is 2.25. The minimum Gasteiger partial charge on any atom is -0.366 e. The zero-order valence-electron chi connectivity index (χ0n) is 9.34. The van der Waals surface area contributed by atoms with Gasteiger partial charge >= 0.3 is 0 Å². The predicted molar refractivity (Wildman–Crippen MR) is 74.7 cm³/mol. The summed E-state index contributed by atoms with van der Waals surface area (Å²) < 4.78 is 2.02. The monoisotopic (exact) mass is 346 g/mol. The van der Waals surface area contributed by atoms with Crippen LogP contribution in [0, 0.1) is 5.92 Å². The lowest BCUT2D eigenvalue weighted by molar-refractivity contribution is 0.585. The Hall–Kier alpha value is -0.0900. The van der Waals surface area contributed by atoms with Gasteiger partial charge in [-0.1, -0.05) is 19.8 Å². The molecule has 0 aliphatic heterocycles. The summed E-state index contributed by atoms with van der Waals surface area (Å²) in [5, 5.41) is 3.52. The summed E-state index contributed by atoms with van der Waals surface area (Å²) in [5.74, 6) is 1.90. The van der Waals surface area contributed by atoms with Crippen LogP contribution in [0.5, 0.6) is 0 Å². The first-order valence-electron chi connectivity index (χ1n) is 5.76. The van der Waals surface area contributed by atoms with Crippen molar-refractivity contribution in [3.05, 3.63) is 21.2 Å². The highest BCUT2D eigenvalue weighted by molar-refractivity contribution is 9.11. The Labute approximate surface area is 113 Å². The van der Waals surface area contributed by atoms with Crippen LogP contribution in [0.3, 0.4) is 0 Å². The highest BCUT2D eigenvalue weighted by Crippen LogP contribution is 2.35. The van der Waals surface area contributed by atoms with Gasteiger partial charge in [0.15, 0.2) is 0 Å². The van der Waals surface area contributed by atoms with Crippen molar-refractivity contribution in [3.8, 4) is 0 Å². The van der Waals surface area contributed by atoms with E-state index in [1.54, 1.807) is 0 Å². The van der Waals surface area contributed by atoms with E-state index in [0.29, 0.717) is 6.04 Å². The normalized spacial score (nSPS) is 17.2. The van der Waals surface area contributed by atoms with Crippen LogP contribution in [0.4, 0.5) is 5.82 Å². The summed E-state index contributed by atoms with van der Waals surface area (Å²) >= 11 is 6.94. The van der Waals surface area contributed by atoms with Crippen molar-refractivity contribution in [1.29, 1.82) is 0 Å². The molecule has 1 saturated carbocycles. The molecule has 1 atom stereocenters. The lowest BCUT2D eigenvalue weighted by Crippen LogP contribution is -2.20. The fraction of sp³-hybridized carbons (Fsp3) is 0.583. The molecular formula is C12H16Br2N2. The molecule has 1 heterocycles. The van der Waals surface area contributed by atoms with Gasteiger partial charge in [-0.05, 0) is 56.7 Å². The molecule has 16 heavy (non-hydrogen) atoms. The van der Waals surface area contributed by atoms with Crippen LogP contribution in [0.15, 0.2) is 21.2 Å². The Kier molecular flexibility index (Phi) is 4.25. The average Bonchev–Trinajstić information content (AvgIpc) is 3.04. The smallest absolute Gasteiger partial charge is 0.140 e. The molecule has 1 fully saturated rings. The maximum absolute atomic E-state index is 4.39. The van der Waals surface area contributed by atoms with Gasteiger partial charge in [-0.25, -0.2) is 4.98 Å². The van der Waals surface area contributed by atoms with E-state index >= 15 is 0 Å². The van der Waals surface area contributed by atoms with Gasteiger partial charge in [-0.15, -0.1) is 0 Å². The Morgan fingerprint density at radius 1 is 1.50 bits per heavy atom. The second-order valence-electron chi connectivity index (χ2n) is 4.41. The number of nitrogens with zero attached hydrogens (tertiary/aromatic N) is 1. The molecule has 2 nitrogen and oxygen atoms in total. The summed E-state index contributed by atoms with van der Waals surface area (Å²) in [5.41, 5.74) is 0. The van der Waals surface area contributed by atoms with Gasteiger partial charge in [0.1, 0.15) is 5.82 Å². The molecular weight excluding hydrogens is 332 g/mol. The number of halogens is 2.